The summed E-state index contributed by atoms with van der Waals surface area (Å²) >= 11 is 0. The lowest BCUT2D eigenvalue weighted by atomic mass is 10.2. The molecule has 1 aromatic rings. The van der Waals surface area contributed by atoms with Crippen LogP contribution in [0.25, 0.3) is 0 Å². The number of nitrogens with one attached hydrogen (secondary N) is 1. The highest BCUT2D eigenvalue weighted by Crippen LogP contribution is 2.13. The minimum absolute atomic E-state index is 0.341. The number of rotatable bonds is 11. The zero-order valence-corrected chi connectivity index (χ0v) is 13.2. The molecule has 0 fully saturated rings. The number of ether oxygens (including phenoxy) is 2. The molecule has 20 heavy (non-hydrogen) atoms. The first kappa shape index (κ1) is 17.0. The van der Waals surface area contributed by atoms with Crippen LogP contribution in [-0.4, -0.2) is 25.9 Å². The quantitative estimate of drug-likeness (QED) is 0.625. The van der Waals surface area contributed by atoms with E-state index in [1.807, 2.05) is 6.07 Å². The first-order valence-corrected chi connectivity index (χ1v) is 7.76. The molecule has 0 spiro atoms. The lowest BCUT2D eigenvalue weighted by Gasteiger charge is -2.09. The van der Waals surface area contributed by atoms with Gasteiger partial charge in [0.05, 0.1) is 12.7 Å². The summed E-state index contributed by atoms with van der Waals surface area (Å²) in [5.74, 6) is 0.969. The van der Waals surface area contributed by atoms with Gasteiger partial charge in [-0.1, -0.05) is 19.1 Å². The zero-order valence-electron chi connectivity index (χ0n) is 13.2. The fraction of sp³-hybridized carbons (Fsp3) is 0.647. The molecule has 1 rings (SSSR count). The third kappa shape index (κ3) is 8.18. The molecule has 0 unspecified atom stereocenters. The maximum atomic E-state index is 5.63. The summed E-state index contributed by atoms with van der Waals surface area (Å²) in [6.45, 7) is 9.84. The molecule has 1 aromatic carbocycles. The van der Waals surface area contributed by atoms with Crippen molar-refractivity contribution in [1.29, 1.82) is 0 Å². The van der Waals surface area contributed by atoms with Crippen LogP contribution in [0, 0.1) is 0 Å². The lowest BCUT2D eigenvalue weighted by Crippen LogP contribution is -2.15. The predicted molar refractivity (Wildman–Crippen MR) is 84.3 cm³/mol. The topological polar surface area (TPSA) is 30.5 Å². The Hall–Kier alpha value is -1.06. The fourth-order valence-electron chi connectivity index (χ4n) is 1.87. The average molecular weight is 279 g/mol. The van der Waals surface area contributed by atoms with Crippen LogP contribution in [0.15, 0.2) is 24.3 Å². The van der Waals surface area contributed by atoms with Gasteiger partial charge in [0.25, 0.3) is 0 Å². The van der Waals surface area contributed by atoms with Crippen molar-refractivity contribution in [2.45, 2.75) is 52.7 Å². The third-order valence-corrected chi connectivity index (χ3v) is 2.90. The summed E-state index contributed by atoms with van der Waals surface area (Å²) in [6, 6.07) is 8.32. The molecular formula is C17H29NO2. The maximum absolute atomic E-state index is 5.63. The maximum Gasteiger partial charge on any atom is 0.119 e. The van der Waals surface area contributed by atoms with Crippen molar-refractivity contribution in [1.82, 2.24) is 5.32 Å². The monoisotopic (exact) mass is 279 g/mol. The molecule has 1 N–H and O–H groups in total. The predicted octanol–water partition coefficient (Wildman–Crippen LogP) is 3.77. The highest BCUT2D eigenvalue weighted by Gasteiger charge is 1.97. The van der Waals surface area contributed by atoms with Gasteiger partial charge in [0, 0.05) is 13.2 Å². The van der Waals surface area contributed by atoms with Gasteiger partial charge in [-0.05, 0) is 57.4 Å². The summed E-state index contributed by atoms with van der Waals surface area (Å²) < 4.78 is 11.1. The van der Waals surface area contributed by atoms with Crippen LogP contribution in [0.2, 0.25) is 0 Å². The smallest absolute Gasteiger partial charge is 0.119 e. The number of benzene rings is 1. The Balaban J connectivity index is 2.12. The van der Waals surface area contributed by atoms with Gasteiger partial charge in [-0.3, -0.25) is 0 Å². The fourth-order valence-corrected chi connectivity index (χ4v) is 1.87. The van der Waals surface area contributed by atoms with Gasteiger partial charge in [-0.25, -0.2) is 0 Å². The van der Waals surface area contributed by atoms with E-state index in [9.17, 15) is 0 Å². The SMILES string of the molecule is CCCOc1cccc(CNCCCCOC(C)C)c1. The van der Waals surface area contributed by atoms with E-state index < -0.39 is 0 Å². The van der Waals surface area contributed by atoms with Crippen LogP contribution in [0.3, 0.4) is 0 Å². The molecule has 3 heteroatoms. The molecule has 0 saturated carbocycles. The van der Waals surface area contributed by atoms with E-state index in [-0.39, 0.29) is 0 Å². The molecule has 0 radical (unpaired) electrons. The van der Waals surface area contributed by atoms with E-state index in [0.717, 1.165) is 51.3 Å². The van der Waals surface area contributed by atoms with Crippen molar-refractivity contribution >= 4 is 0 Å². The number of unbranched alkanes of at least 4 members (excludes halogenated alkanes) is 1. The standard InChI is InChI=1S/C17H29NO2/c1-4-11-20-17-9-7-8-16(13-17)14-18-10-5-6-12-19-15(2)3/h7-9,13,15,18H,4-6,10-12,14H2,1-3H3. The Morgan fingerprint density at radius 1 is 1.15 bits per heavy atom. The summed E-state index contributed by atoms with van der Waals surface area (Å²) in [6.07, 6.45) is 3.65. The number of hydrogen-bond donors (Lipinski definition) is 1. The largest absolute Gasteiger partial charge is 0.494 e. The van der Waals surface area contributed by atoms with Gasteiger partial charge in [-0.2, -0.15) is 0 Å². The van der Waals surface area contributed by atoms with Crippen LogP contribution < -0.4 is 10.1 Å². The van der Waals surface area contributed by atoms with E-state index in [1.54, 1.807) is 0 Å². The molecular weight excluding hydrogens is 250 g/mol. The van der Waals surface area contributed by atoms with Crippen LogP contribution in [0.4, 0.5) is 0 Å². The van der Waals surface area contributed by atoms with Gasteiger partial charge in [-0.15, -0.1) is 0 Å². The van der Waals surface area contributed by atoms with Gasteiger partial charge < -0.3 is 14.8 Å². The Bertz CT molecular complexity index is 353. The molecule has 0 bridgehead atoms. The molecule has 0 heterocycles. The Morgan fingerprint density at radius 2 is 2.00 bits per heavy atom. The molecule has 0 aliphatic carbocycles. The Kier molecular flexibility index (Phi) is 9.09. The number of hydrogen-bond acceptors (Lipinski definition) is 3. The highest BCUT2D eigenvalue weighted by atomic mass is 16.5. The second-order valence-electron chi connectivity index (χ2n) is 5.30. The third-order valence-electron chi connectivity index (χ3n) is 2.90. The molecule has 0 aliphatic heterocycles. The first-order valence-electron chi connectivity index (χ1n) is 7.76. The normalized spacial score (nSPS) is 11.0. The molecule has 0 amide bonds. The minimum atomic E-state index is 0.341. The van der Waals surface area contributed by atoms with Crippen LogP contribution in [0.1, 0.15) is 45.6 Å². The summed E-state index contributed by atoms with van der Waals surface area (Å²) in [5.41, 5.74) is 1.28. The Labute approximate surface area is 123 Å². The van der Waals surface area contributed by atoms with E-state index in [1.165, 1.54) is 5.56 Å². The molecule has 0 saturated heterocycles. The van der Waals surface area contributed by atoms with E-state index in [0.29, 0.717) is 6.10 Å². The van der Waals surface area contributed by atoms with Crippen molar-refractivity contribution in [3.05, 3.63) is 29.8 Å². The van der Waals surface area contributed by atoms with Gasteiger partial charge in [0.1, 0.15) is 5.75 Å². The second-order valence-corrected chi connectivity index (χ2v) is 5.30. The Morgan fingerprint density at radius 3 is 2.75 bits per heavy atom. The van der Waals surface area contributed by atoms with Crippen molar-refractivity contribution in [3.8, 4) is 5.75 Å². The molecule has 114 valence electrons. The first-order chi connectivity index (χ1) is 9.72. The zero-order chi connectivity index (χ0) is 14.6. The van der Waals surface area contributed by atoms with Gasteiger partial charge >= 0.3 is 0 Å². The minimum Gasteiger partial charge on any atom is -0.494 e. The second kappa shape index (κ2) is 10.7. The molecule has 0 aliphatic rings. The molecule has 3 nitrogen and oxygen atoms in total. The van der Waals surface area contributed by atoms with Crippen molar-refractivity contribution < 1.29 is 9.47 Å². The van der Waals surface area contributed by atoms with Crippen LogP contribution in [-0.2, 0) is 11.3 Å². The highest BCUT2D eigenvalue weighted by molar-refractivity contribution is 5.28. The van der Waals surface area contributed by atoms with Gasteiger partial charge in [0.2, 0.25) is 0 Å². The van der Waals surface area contributed by atoms with Crippen molar-refractivity contribution in [2.75, 3.05) is 19.8 Å². The van der Waals surface area contributed by atoms with Crippen molar-refractivity contribution in [3.63, 3.8) is 0 Å². The lowest BCUT2D eigenvalue weighted by molar-refractivity contribution is 0.0760. The molecule has 0 aromatic heterocycles. The summed E-state index contributed by atoms with van der Waals surface area (Å²) in [7, 11) is 0. The van der Waals surface area contributed by atoms with E-state index in [4.69, 9.17) is 9.47 Å². The van der Waals surface area contributed by atoms with E-state index in [2.05, 4.69) is 44.3 Å². The summed E-state index contributed by atoms with van der Waals surface area (Å²) in [4.78, 5) is 0. The van der Waals surface area contributed by atoms with E-state index >= 15 is 0 Å². The van der Waals surface area contributed by atoms with Crippen molar-refractivity contribution in [2.24, 2.45) is 0 Å². The summed E-state index contributed by atoms with van der Waals surface area (Å²) in [5, 5.41) is 3.46. The van der Waals surface area contributed by atoms with Crippen LogP contribution >= 0.6 is 0 Å². The van der Waals surface area contributed by atoms with Crippen LogP contribution in [0.5, 0.6) is 5.75 Å². The van der Waals surface area contributed by atoms with Gasteiger partial charge in [0.15, 0.2) is 0 Å². The average Bonchev–Trinajstić information content (AvgIpc) is 2.44. The molecule has 0 atom stereocenters.